The van der Waals surface area contributed by atoms with Crippen LogP contribution >= 0.6 is 34.7 Å². The number of aromatic nitrogens is 1. The van der Waals surface area contributed by atoms with Crippen molar-refractivity contribution in [1.29, 1.82) is 0 Å². The summed E-state index contributed by atoms with van der Waals surface area (Å²) in [5, 5.41) is 3.63. The first-order valence-electron chi connectivity index (χ1n) is 15.2. The molecule has 4 aliphatic rings. The molecule has 0 radical (unpaired) electrons. The second kappa shape index (κ2) is 11.5. The number of amides is 3. The number of benzene rings is 3. The van der Waals surface area contributed by atoms with E-state index in [0.717, 1.165) is 38.9 Å². The summed E-state index contributed by atoms with van der Waals surface area (Å²) in [7, 11) is 0. The van der Waals surface area contributed by atoms with E-state index in [1.54, 1.807) is 48.2 Å². The zero-order chi connectivity index (χ0) is 33.5. The van der Waals surface area contributed by atoms with Crippen LogP contribution in [-0.2, 0) is 20.6 Å². The number of carbonyl (C=O) groups is 3. The molecule has 4 aromatic rings. The average Bonchev–Trinajstić information content (AvgIpc) is 3.79. The summed E-state index contributed by atoms with van der Waals surface area (Å²) < 4.78 is 45.5. The van der Waals surface area contributed by atoms with E-state index in [9.17, 15) is 32.3 Å². The molecule has 3 amide bonds. The fourth-order valence-electron chi connectivity index (χ4n) is 8.19. The van der Waals surface area contributed by atoms with Gasteiger partial charge in [0.1, 0.15) is 5.75 Å². The number of thiazole rings is 1. The van der Waals surface area contributed by atoms with Crippen LogP contribution < -0.4 is 19.8 Å². The Morgan fingerprint density at radius 1 is 0.979 bits per heavy atom. The van der Waals surface area contributed by atoms with E-state index >= 15 is 0 Å². The number of thioether (sulfide) groups is 1. The SMILES string of the molecule is O=C(COc1ccccc1[C@@H]1c2sc(=O)[nH]c2S[C@@H]2[C@@H]3C[C@@H]([C@@H]4C(=O)N(c5ccc(Cl)cc5)C(=O)[C@@H]34)[C@H]12)Nc1cccc(C(F)(F)F)c1. The summed E-state index contributed by atoms with van der Waals surface area (Å²) in [5.41, 5.74) is 0.317. The number of nitrogens with zero attached hydrogens (tertiary/aromatic N) is 1. The van der Waals surface area contributed by atoms with Crippen molar-refractivity contribution in [2.24, 2.45) is 29.6 Å². The number of anilines is 2. The highest BCUT2D eigenvalue weighted by atomic mass is 35.5. The molecule has 3 fully saturated rings. The Kier molecular flexibility index (Phi) is 7.49. The first kappa shape index (κ1) is 31.2. The molecule has 246 valence electrons. The first-order valence-corrected chi connectivity index (χ1v) is 17.3. The minimum atomic E-state index is -4.56. The molecule has 7 atom stereocenters. The van der Waals surface area contributed by atoms with Gasteiger partial charge in [-0.1, -0.05) is 47.2 Å². The maximum atomic E-state index is 14.0. The molecule has 3 heterocycles. The zero-order valence-corrected chi connectivity index (χ0v) is 27.1. The number of H-pyrrole nitrogens is 1. The number of carbonyl (C=O) groups excluding carboxylic acids is 3. The second-order valence-corrected chi connectivity index (χ2v) is 15.0. The van der Waals surface area contributed by atoms with Gasteiger partial charge in [0.2, 0.25) is 11.8 Å². The van der Waals surface area contributed by atoms with Gasteiger partial charge in [-0.3, -0.25) is 24.1 Å². The lowest BCUT2D eigenvalue weighted by Gasteiger charge is -2.43. The van der Waals surface area contributed by atoms with Gasteiger partial charge in [0.15, 0.2) is 6.61 Å². The molecular weight excluding hydrogens is 687 g/mol. The maximum Gasteiger partial charge on any atom is 0.416 e. The van der Waals surface area contributed by atoms with Crippen molar-refractivity contribution in [2.75, 3.05) is 16.8 Å². The highest BCUT2D eigenvalue weighted by Crippen LogP contribution is 2.69. The van der Waals surface area contributed by atoms with Crippen molar-refractivity contribution in [3.63, 3.8) is 0 Å². The lowest BCUT2D eigenvalue weighted by molar-refractivity contribution is -0.137. The normalized spacial score (nSPS) is 27.1. The number of hydrogen-bond donors (Lipinski definition) is 2. The predicted octanol–water partition coefficient (Wildman–Crippen LogP) is 6.80. The molecule has 1 aromatic heterocycles. The van der Waals surface area contributed by atoms with Gasteiger partial charge in [-0.25, -0.2) is 0 Å². The molecular formula is C34H25ClF3N3O5S2. The Morgan fingerprint density at radius 2 is 1.71 bits per heavy atom. The topological polar surface area (TPSA) is 109 Å². The molecule has 2 saturated carbocycles. The number of aromatic amines is 1. The van der Waals surface area contributed by atoms with Gasteiger partial charge in [0.25, 0.3) is 5.91 Å². The molecule has 8 rings (SSSR count). The summed E-state index contributed by atoms with van der Waals surface area (Å²) in [6, 6.07) is 18.2. The molecule has 1 saturated heterocycles. The van der Waals surface area contributed by atoms with Gasteiger partial charge in [0.05, 0.1) is 28.1 Å². The number of imide groups is 1. The molecule has 2 N–H and O–H groups in total. The first-order chi connectivity index (χ1) is 23.0. The van der Waals surface area contributed by atoms with Crippen LogP contribution in [0.25, 0.3) is 0 Å². The van der Waals surface area contributed by atoms with Crippen LogP contribution in [0.1, 0.15) is 28.3 Å². The molecule has 2 aliphatic carbocycles. The van der Waals surface area contributed by atoms with Crippen LogP contribution in [0.15, 0.2) is 82.6 Å². The van der Waals surface area contributed by atoms with Crippen LogP contribution in [0.5, 0.6) is 5.75 Å². The summed E-state index contributed by atoms with van der Waals surface area (Å²) in [5.74, 6) is -2.37. The van der Waals surface area contributed by atoms with Gasteiger partial charge in [-0.15, -0.1) is 11.8 Å². The Labute approximate surface area is 284 Å². The number of nitrogens with one attached hydrogen (secondary N) is 2. The molecule has 2 bridgehead atoms. The van der Waals surface area contributed by atoms with Crippen molar-refractivity contribution in [1.82, 2.24) is 4.98 Å². The minimum absolute atomic E-state index is 0.0134. The van der Waals surface area contributed by atoms with E-state index in [1.807, 2.05) is 12.1 Å². The third-order valence-electron chi connectivity index (χ3n) is 9.90. The molecule has 48 heavy (non-hydrogen) atoms. The Bertz CT molecular complexity index is 2030. The van der Waals surface area contributed by atoms with Crippen molar-refractivity contribution in [3.05, 3.63) is 103 Å². The second-order valence-electron chi connectivity index (χ2n) is 12.4. The third kappa shape index (κ3) is 5.05. The van der Waals surface area contributed by atoms with Gasteiger partial charge < -0.3 is 15.0 Å². The van der Waals surface area contributed by atoms with Crippen LogP contribution in [-0.4, -0.2) is 34.6 Å². The van der Waals surface area contributed by atoms with Gasteiger partial charge in [0, 0.05) is 32.3 Å². The highest BCUT2D eigenvalue weighted by Gasteiger charge is 2.69. The van der Waals surface area contributed by atoms with Crippen molar-refractivity contribution in [3.8, 4) is 5.75 Å². The van der Waals surface area contributed by atoms with E-state index in [-0.39, 0.29) is 51.3 Å². The lowest BCUT2D eigenvalue weighted by atomic mass is 9.68. The third-order valence-corrected chi connectivity index (χ3v) is 12.7. The standard InChI is InChI=1S/C34H25ClF3N3O5S2/c35-16-8-10-18(11-9-16)41-31(43)26-20-13-21(27(26)32(41)44)28-25(20)24(29-30(47-28)40-33(45)48-29)19-6-1-2-7-22(19)46-14-23(42)39-17-5-3-4-15(12-17)34(36,37)38/h1-12,20-21,24-28H,13-14H2,(H,39,42)(H,40,45)/t20-,21-,24+,25-,26+,27+,28-/m1/s1. The van der Waals surface area contributed by atoms with Crippen molar-refractivity contribution < 1.29 is 32.3 Å². The summed E-state index contributed by atoms with van der Waals surface area (Å²) >= 11 is 8.73. The molecule has 14 heteroatoms. The number of halogens is 4. The van der Waals surface area contributed by atoms with Crippen molar-refractivity contribution >= 4 is 63.8 Å². The number of hydrogen-bond acceptors (Lipinski definition) is 7. The number of ether oxygens (including phenoxy) is 1. The number of rotatable bonds is 6. The van der Waals surface area contributed by atoms with E-state index < -0.39 is 36.1 Å². The van der Waals surface area contributed by atoms with Crippen LogP contribution in [0, 0.1) is 29.6 Å². The van der Waals surface area contributed by atoms with Crippen molar-refractivity contribution in [2.45, 2.75) is 28.8 Å². The molecule has 0 unspecified atom stereocenters. The highest BCUT2D eigenvalue weighted by molar-refractivity contribution is 8.00. The van der Waals surface area contributed by atoms with E-state index in [4.69, 9.17) is 16.3 Å². The number of para-hydroxylation sites is 1. The summed E-state index contributed by atoms with van der Waals surface area (Å²) in [6.07, 6.45) is -3.86. The molecule has 2 aliphatic heterocycles. The molecule has 3 aromatic carbocycles. The van der Waals surface area contributed by atoms with Gasteiger partial charge >= 0.3 is 11.0 Å². The fourth-order valence-corrected chi connectivity index (χ4v) is 11.2. The Morgan fingerprint density at radius 3 is 2.46 bits per heavy atom. The maximum absolute atomic E-state index is 14.0. The quantitative estimate of drug-likeness (QED) is 0.213. The van der Waals surface area contributed by atoms with Gasteiger partial charge in [-0.05, 0) is 72.7 Å². The van der Waals surface area contributed by atoms with Crippen LogP contribution in [0.3, 0.4) is 0 Å². The number of fused-ring (bicyclic) bond motifs is 9. The van der Waals surface area contributed by atoms with E-state index in [2.05, 4.69) is 10.3 Å². The molecule has 0 spiro atoms. The summed E-state index contributed by atoms with van der Waals surface area (Å²) in [4.78, 5) is 58.2. The van der Waals surface area contributed by atoms with Crippen LogP contribution in [0.4, 0.5) is 24.5 Å². The van der Waals surface area contributed by atoms with E-state index in [0.29, 0.717) is 22.9 Å². The predicted molar refractivity (Wildman–Crippen MR) is 174 cm³/mol. The Hall–Kier alpha value is -4.07. The molecule has 8 nitrogen and oxygen atoms in total. The smallest absolute Gasteiger partial charge is 0.416 e. The Balaban J connectivity index is 1.09. The monoisotopic (exact) mass is 711 g/mol. The average molecular weight is 712 g/mol. The zero-order valence-electron chi connectivity index (χ0n) is 24.7. The van der Waals surface area contributed by atoms with Crippen LogP contribution in [0.2, 0.25) is 5.02 Å². The summed E-state index contributed by atoms with van der Waals surface area (Å²) in [6.45, 7) is -0.473. The fraction of sp³-hybridized carbons (Fsp3) is 0.294. The largest absolute Gasteiger partial charge is 0.483 e. The van der Waals surface area contributed by atoms with Gasteiger partial charge in [-0.2, -0.15) is 13.2 Å². The van der Waals surface area contributed by atoms with E-state index in [1.165, 1.54) is 17.0 Å². The lowest BCUT2D eigenvalue weighted by Crippen LogP contribution is -2.42. The number of alkyl halides is 3. The minimum Gasteiger partial charge on any atom is -0.483 e.